The van der Waals surface area contributed by atoms with Gasteiger partial charge in [0.25, 0.3) is 0 Å². The van der Waals surface area contributed by atoms with Crippen LogP contribution in [0.25, 0.3) is 0 Å². The van der Waals surface area contributed by atoms with Gasteiger partial charge < -0.3 is 5.32 Å². The molecule has 1 nitrogen and oxygen atoms in total. The number of benzene rings is 2. The maximum Gasteiger partial charge on any atom is 0.0409 e. The summed E-state index contributed by atoms with van der Waals surface area (Å²) in [6.07, 6.45) is 0.983. The number of likely N-dealkylation sites (N-methyl/N-ethyl adjacent to an activating group) is 1. The Balaban J connectivity index is 2.25. The predicted molar refractivity (Wildman–Crippen MR) is 87.5 cm³/mol. The molecular weight excluding hydrogens is 266 g/mol. The van der Waals surface area contributed by atoms with Gasteiger partial charge in [-0.25, -0.2) is 0 Å². The van der Waals surface area contributed by atoms with Crippen LogP contribution < -0.4 is 5.32 Å². The molecule has 2 aromatic rings. The molecule has 106 valence electrons. The summed E-state index contributed by atoms with van der Waals surface area (Å²) in [5.74, 6) is 0. The molecule has 20 heavy (non-hydrogen) atoms. The number of hydrogen-bond acceptors (Lipinski definition) is 1. The fourth-order valence-electron chi connectivity index (χ4n) is 2.70. The minimum Gasteiger partial charge on any atom is -0.310 e. The summed E-state index contributed by atoms with van der Waals surface area (Å²) in [5, 5.41) is 4.35. The molecule has 0 saturated heterocycles. The first-order valence-electron chi connectivity index (χ1n) is 7.14. The van der Waals surface area contributed by atoms with Crippen molar-refractivity contribution >= 4 is 11.6 Å². The van der Waals surface area contributed by atoms with Gasteiger partial charge >= 0.3 is 0 Å². The van der Waals surface area contributed by atoms with Crippen LogP contribution in [-0.4, -0.2) is 6.54 Å². The Morgan fingerprint density at radius 2 is 1.75 bits per heavy atom. The van der Waals surface area contributed by atoms with Crippen molar-refractivity contribution in [1.82, 2.24) is 5.32 Å². The van der Waals surface area contributed by atoms with E-state index in [4.69, 9.17) is 11.6 Å². The van der Waals surface area contributed by atoms with Gasteiger partial charge in [-0.05, 0) is 50.1 Å². The van der Waals surface area contributed by atoms with Gasteiger partial charge in [-0.3, -0.25) is 0 Å². The third-order valence-electron chi connectivity index (χ3n) is 3.42. The molecule has 0 radical (unpaired) electrons. The second kappa shape index (κ2) is 6.92. The van der Waals surface area contributed by atoms with E-state index < -0.39 is 0 Å². The monoisotopic (exact) mass is 287 g/mol. The van der Waals surface area contributed by atoms with E-state index in [0.717, 1.165) is 18.0 Å². The summed E-state index contributed by atoms with van der Waals surface area (Å²) in [4.78, 5) is 0. The maximum atomic E-state index is 6.11. The summed E-state index contributed by atoms with van der Waals surface area (Å²) in [5.41, 5.74) is 5.26. The molecule has 2 rings (SSSR count). The highest BCUT2D eigenvalue weighted by atomic mass is 35.5. The Kier molecular flexibility index (Phi) is 5.22. The zero-order chi connectivity index (χ0) is 14.5. The first kappa shape index (κ1) is 15.1. The predicted octanol–water partition coefficient (Wildman–Crippen LogP) is 4.85. The SMILES string of the molecule is CCNC(Cc1cc(C)cc(C)c1)c1cccc(Cl)c1. The molecule has 0 heterocycles. The van der Waals surface area contributed by atoms with Crippen molar-refractivity contribution in [1.29, 1.82) is 0 Å². The largest absolute Gasteiger partial charge is 0.310 e. The Bertz CT molecular complexity index is 557. The second-order valence-corrected chi connectivity index (χ2v) is 5.80. The van der Waals surface area contributed by atoms with Gasteiger partial charge in [0, 0.05) is 11.1 Å². The third kappa shape index (κ3) is 4.09. The van der Waals surface area contributed by atoms with Crippen LogP contribution >= 0.6 is 11.6 Å². The van der Waals surface area contributed by atoms with Crippen molar-refractivity contribution in [3.63, 3.8) is 0 Å². The molecule has 1 N–H and O–H groups in total. The minimum atomic E-state index is 0.305. The summed E-state index contributed by atoms with van der Waals surface area (Å²) in [7, 11) is 0. The van der Waals surface area contributed by atoms with Gasteiger partial charge in [0.1, 0.15) is 0 Å². The molecule has 0 amide bonds. The summed E-state index contributed by atoms with van der Waals surface area (Å²) < 4.78 is 0. The van der Waals surface area contributed by atoms with Crippen LogP contribution in [0.2, 0.25) is 5.02 Å². The van der Waals surface area contributed by atoms with E-state index in [9.17, 15) is 0 Å². The Hall–Kier alpha value is -1.31. The normalized spacial score (nSPS) is 12.4. The average Bonchev–Trinajstić information content (AvgIpc) is 2.37. The van der Waals surface area contributed by atoms with Crippen molar-refractivity contribution in [3.05, 3.63) is 69.7 Å². The van der Waals surface area contributed by atoms with E-state index in [1.54, 1.807) is 0 Å². The van der Waals surface area contributed by atoms with Gasteiger partial charge in [0.15, 0.2) is 0 Å². The maximum absolute atomic E-state index is 6.11. The molecule has 1 atom stereocenters. The molecule has 0 bridgehead atoms. The lowest BCUT2D eigenvalue weighted by molar-refractivity contribution is 0.549. The van der Waals surface area contributed by atoms with Crippen LogP contribution in [0.15, 0.2) is 42.5 Å². The molecule has 0 aliphatic carbocycles. The van der Waals surface area contributed by atoms with Crippen molar-refractivity contribution in [2.75, 3.05) is 6.54 Å². The lowest BCUT2D eigenvalue weighted by atomic mass is 9.96. The minimum absolute atomic E-state index is 0.305. The fraction of sp³-hybridized carbons (Fsp3) is 0.333. The van der Waals surface area contributed by atoms with E-state index >= 15 is 0 Å². The molecule has 0 saturated carbocycles. The number of hydrogen-bond donors (Lipinski definition) is 1. The van der Waals surface area contributed by atoms with E-state index in [2.05, 4.69) is 56.4 Å². The fourth-order valence-corrected chi connectivity index (χ4v) is 2.90. The van der Waals surface area contributed by atoms with Crippen LogP contribution in [0.4, 0.5) is 0 Å². The van der Waals surface area contributed by atoms with Crippen LogP contribution in [0.1, 0.15) is 35.2 Å². The summed E-state index contributed by atoms with van der Waals surface area (Å²) in [6.45, 7) is 7.39. The number of rotatable bonds is 5. The molecule has 2 heteroatoms. The molecular formula is C18H22ClN. The van der Waals surface area contributed by atoms with Crippen molar-refractivity contribution in [3.8, 4) is 0 Å². The zero-order valence-electron chi connectivity index (χ0n) is 12.4. The van der Waals surface area contributed by atoms with Gasteiger partial charge in [-0.2, -0.15) is 0 Å². The number of halogens is 1. The first-order valence-corrected chi connectivity index (χ1v) is 7.52. The molecule has 0 fully saturated rings. The highest BCUT2D eigenvalue weighted by Crippen LogP contribution is 2.22. The third-order valence-corrected chi connectivity index (χ3v) is 3.66. The van der Waals surface area contributed by atoms with Gasteiger partial charge in [-0.1, -0.05) is 60.0 Å². The highest BCUT2D eigenvalue weighted by Gasteiger charge is 2.12. The standard InChI is InChI=1S/C18H22ClN/c1-4-20-18(16-6-5-7-17(19)12-16)11-15-9-13(2)8-14(3)10-15/h5-10,12,18,20H,4,11H2,1-3H3. The lowest BCUT2D eigenvalue weighted by Gasteiger charge is -2.19. The Labute approximate surface area is 127 Å². The number of nitrogens with one attached hydrogen (secondary N) is 1. The van der Waals surface area contributed by atoms with E-state index in [-0.39, 0.29) is 0 Å². The summed E-state index contributed by atoms with van der Waals surface area (Å²) >= 11 is 6.11. The summed E-state index contributed by atoms with van der Waals surface area (Å²) in [6, 6.07) is 15.2. The molecule has 0 aliphatic rings. The number of aryl methyl sites for hydroxylation is 2. The first-order chi connectivity index (χ1) is 9.58. The lowest BCUT2D eigenvalue weighted by Crippen LogP contribution is -2.23. The van der Waals surface area contributed by atoms with Crippen molar-refractivity contribution < 1.29 is 0 Å². The highest BCUT2D eigenvalue weighted by molar-refractivity contribution is 6.30. The van der Waals surface area contributed by atoms with E-state index in [1.807, 2.05) is 12.1 Å². The van der Waals surface area contributed by atoms with Crippen LogP contribution in [0.5, 0.6) is 0 Å². The van der Waals surface area contributed by atoms with Gasteiger partial charge in [0.05, 0.1) is 0 Å². The van der Waals surface area contributed by atoms with Crippen LogP contribution in [0.3, 0.4) is 0 Å². The Morgan fingerprint density at radius 1 is 1.05 bits per heavy atom. The van der Waals surface area contributed by atoms with Crippen LogP contribution in [0, 0.1) is 13.8 Å². The Morgan fingerprint density at radius 3 is 2.35 bits per heavy atom. The van der Waals surface area contributed by atoms with E-state index in [1.165, 1.54) is 22.3 Å². The molecule has 1 unspecified atom stereocenters. The molecule has 0 spiro atoms. The van der Waals surface area contributed by atoms with Gasteiger partial charge in [0.2, 0.25) is 0 Å². The molecule has 0 aliphatic heterocycles. The molecule has 0 aromatic heterocycles. The van der Waals surface area contributed by atoms with E-state index in [0.29, 0.717) is 6.04 Å². The van der Waals surface area contributed by atoms with Crippen molar-refractivity contribution in [2.45, 2.75) is 33.2 Å². The van der Waals surface area contributed by atoms with Gasteiger partial charge in [-0.15, -0.1) is 0 Å². The van der Waals surface area contributed by atoms with Crippen molar-refractivity contribution in [2.24, 2.45) is 0 Å². The average molecular weight is 288 g/mol. The topological polar surface area (TPSA) is 12.0 Å². The smallest absolute Gasteiger partial charge is 0.0409 e. The molecule has 2 aromatic carbocycles. The zero-order valence-corrected chi connectivity index (χ0v) is 13.2. The quantitative estimate of drug-likeness (QED) is 0.829. The van der Waals surface area contributed by atoms with Crippen LogP contribution in [-0.2, 0) is 6.42 Å². The second-order valence-electron chi connectivity index (χ2n) is 5.37.